The maximum absolute atomic E-state index is 9.92. The third-order valence-corrected chi connectivity index (χ3v) is 4.69. The molecule has 1 aliphatic rings. The summed E-state index contributed by atoms with van der Waals surface area (Å²) in [6.07, 6.45) is -1.61. The summed E-state index contributed by atoms with van der Waals surface area (Å²) < 4.78 is 16.1. The van der Waals surface area contributed by atoms with Gasteiger partial charge in [-0.15, -0.1) is 0 Å². The number of aliphatic hydroxyl groups is 4. The molecule has 1 aliphatic heterocycles. The van der Waals surface area contributed by atoms with Gasteiger partial charge in [-0.2, -0.15) is 0 Å². The van der Waals surface area contributed by atoms with E-state index in [1.54, 1.807) is 7.11 Å². The van der Waals surface area contributed by atoms with E-state index < -0.39 is 37.1 Å². The molecular formula is C19H30O7. The molecule has 1 saturated heterocycles. The number of methoxy groups -OCH3 is 1. The first-order valence-electron chi connectivity index (χ1n) is 9.08. The van der Waals surface area contributed by atoms with Crippen LogP contribution in [0.15, 0.2) is 24.3 Å². The van der Waals surface area contributed by atoms with Crippen LogP contribution in [-0.2, 0) is 15.9 Å². The van der Waals surface area contributed by atoms with Crippen LogP contribution in [0.5, 0.6) is 5.75 Å². The minimum atomic E-state index is -1.35. The second-order valence-electron chi connectivity index (χ2n) is 6.60. The summed E-state index contributed by atoms with van der Waals surface area (Å²) in [7, 11) is 1.65. The quantitative estimate of drug-likeness (QED) is 0.438. The van der Waals surface area contributed by atoms with E-state index in [0.717, 1.165) is 31.4 Å². The van der Waals surface area contributed by atoms with Crippen molar-refractivity contribution in [2.24, 2.45) is 0 Å². The SMILES string of the molecule is COc1ccc(CCCCCOCC2OC(CO)[C@@H](O)[C@H](O)[C@H]2O)cc1. The standard InChI is InChI=1S/C19H30O7/c1-24-14-8-6-13(7-9-14)5-3-2-4-10-25-12-16-18(22)19(23)17(21)15(11-20)26-16/h6-9,15-23H,2-5,10-12H2,1H3/t15?,16?,17-,18+,19+/m1/s1. The lowest BCUT2D eigenvalue weighted by Gasteiger charge is -2.39. The molecule has 1 fully saturated rings. The van der Waals surface area contributed by atoms with E-state index in [1.165, 1.54) is 5.56 Å². The third-order valence-electron chi connectivity index (χ3n) is 4.69. The van der Waals surface area contributed by atoms with E-state index in [0.29, 0.717) is 6.61 Å². The molecule has 2 unspecified atom stereocenters. The maximum Gasteiger partial charge on any atom is 0.118 e. The Bertz CT molecular complexity index is 505. The van der Waals surface area contributed by atoms with E-state index >= 15 is 0 Å². The van der Waals surface area contributed by atoms with Crippen molar-refractivity contribution in [3.8, 4) is 5.75 Å². The Morgan fingerprint density at radius 1 is 0.923 bits per heavy atom. The Kier molecular flexibility index (Phi) is 8.77. The second kappa shape index (κ2) is 10.8. The molecule has 1 heterocycles. The van der Waals surface area contributed by atoms with E-state index in [2.05, 4.69) is 12.1 Å². The minimum absolute atomic E-state index is 0.111. The second-order valence-corrected chi connectivity index (χ2v) is 6.60. The van der Waals surface area contributed by atoms with Gasteiger partial charge in [0.05, 0.1) is 20.3 Å². The van der Waals surface area contributed by atoms with Gasteiger partial charge < -0.3 is 34.6 Å². The third kappa shape index (κ3) is 5.90. The first kappa shape index (κ1) is 21.1. The fraction of sp³-hybridized carbons (Fsp3) is 0.684. The Morgan fingerprint density at radius 2 is 1.62 bits per heavy atom. The van der Waals surface area contributed by atoms with Gasteiger partial charge in [0.15, 0.2) is 0 Å². The van der Waals surface area contributed by atoms with E-state index in [-0.39, 0.29) is 6.61 Å². The van der Waals surface area contributed by atoms with Crippen LogP contribution in [0, 0.1) is 0 Å². The molecule has 2 rings (SSSR count). The van der Waals surface area contributed by atoms with Crippen molar-refractivity contribution in [3.05, 3.63) is 29.8 Å². The predicted octanol–water partition coefficient (Wildman–Crippen LogP) is 0.267. The number of rotatable bonds is 10. The van der Waals surface area contributed by atoms with Gasteiger partial charge in [0, 0.05) is 6.61 Å². The van der Waals surface area contributed by atoms with Crippen LogP contribution in [-0.4, -0.2) is 77.9 Å². The van der Waals surface area contributed by atoms with Gasteiger partial charge in [0.1, 0.15) is 36.3 Å². The molecule has 0 amide bonds. The highest BCUT2D eigenvalue weighted by atomic mass is 16.6. The van der Waals surface area contributed by atoms with Crippen LogP contribution >= 0.6 is 0 Å². The normalized spacial score (nSPS) is 28.9. The number of benzene rings is 1. The number of hydrogen-bond donors (Lipinski definition) is 4. The molecule has 0 radical (unpaired) electrons. The summed E-state index contributed by atoms with van der Waals surface area (Å²) in [4.78, 5) is 0. The molecule has 0 bridgehead atoms. The van der Waals surface area contributed by atoms with Gasteiger partial charge in [0.2, 0.25) is 0 Å². The number of ether oxygens (including phenoxy) is 3. The zero-order valence-electron chi connectivity index (χ0n) is 15.2. The molecule has 0 spiro atoms. The minimum Gasteiger partial charge on any atom is -0.497 e. The van der Waals surface area contributed by atoms with Crippen LogP contribution < -0.4 is 4.74 Å². The molecule has 0 aliphatic carbocycles. The van der Waals surface area contributed by atoms with Crippen molar-refractivity contribution in [1.82, 2.24) is 0 Å². The first-order valence-corrected chi connectivity index (χ1v) is 9.08. The lowest BCUT2D eigenvalue weighted by molar-refractivity contribution is -0.239. The van der Waals surface area contributed by atoms with Crippen molar-refractivity contribution in [2.75, 3.05) is 26.9 Å². The molecule has 7 heteroatoms. The highest BCUT2D eigenvalue weighted by Gasteiger charge is 2.43. The predicted molar refractivity (Wildman–Crippen MR) is 95.1 cm³/mol. The highest BCUT2D eigenvalue weighted by molar-refractivity contribution is 5.27. The van der Waals surface area contributed by atoms with Crippen molar-refractivity contribution in [3.63, 3.8) is 0 Å². The van der Waals surface area contributed by atoms with Crippen molar-refractivity contribution >= 4 is 0 Å². The summed E-state index contributed by atoms with van der Waals surface area (Å²) in [5, 5.41) is 38.5. The molecule has 5 atom stereocenters. The maximum atomic E-state index is 9.92. The number of aliphatic hydroxyl groups excluding tert-OH is 4. The van der Waals surface area contributed by atoms with Crippen LogP contribution in [0.2, 0.25) is 0 Å². The molecule has 7 nitrogen and oxygen atoms in total. The smallest absolute Gasteiger partial charge is 0.118 e. The van der Waals surface area contributed by atoms with Crippen molar-refractivity contribution < 1.29 is 34.6 Å². The zero-order chi connectivity index (χ0) is 18.9. The van der Waals surface area contributed by atoms with E-state index in [4.69, 9.17) is 19.3 Å². The van der Waals surface area contributed by atoms with Crippen LogP contribution in [0.25, 0.3) is 0 Å². The fourth-order valence-electron chi connectivity index (χ4n) is 3.02. The van der Waals surface area contributed by atoms with Crippen LogP contribution in [0.1, 0.15) is 24.8 Å². The van der Waals surface area contributed by atoms with Gasteiger partial charge in [-0.05, 0) is 37.0 Å². The van der Waals surface area contributed by atoms with Crippen molar-refractivity contribution in [1.29, 1.82) is 0 Å². The van der Waals surface area contributed by atoms with Gasteiger partial charge in [0.25, 0.3) is 0 Å². The van der Waals surface area contributed by atoms with E-state index in [1.807, 2.05) is 12.1 Å². The van der Waals surface area contributed by atoms with Gasteiger partial charge in [-0.1, -0.05) is 18.6 Å². The monoisotopic (exact) mass is 370 g/mol. The zero-order valence-corrected chi connectivity index (χ0v) is 15.2. The lowest BCUT2D eigenvalue weighted by Crippen LogP contribution is -2.59. The summed E-state index contributed by atoms with van der Waals surface area (Å²) in [6.45, 7) is 0.213. The Hall–Kier alpha value is -1.22. The lowest BCUT2D eigenvalue weighted by atomic mass is 9.95. The molecular weight excluding hydrogens is 340 g/mol. The molecule has 26 heavy (non-hydrogen) atoms. The average Bonchev–Trinajstić information content (AvgIpc) is 2.67. The Labute approximate surface area is 154 Å². The average molecular weight is 370 g/mol. The van der Waals surface area contributed by atoms with Gasteiger partial charge in [-0.25, -0.2) is 0 Å². The fourth-order valence-corrected chi connectivity index (χ4v) is 3.02. The highest BCUT2D eigenvalue weighted by Crippen LogP contribution is 2.21. The summed E-state index contributed by atoms with van der Waals surface area (Å²) in [5.74, 6) is 0.857. The van der Waals surface area contributed by atoms with E-state index in [9.17, 15) is 15.3 Å². The van der Waals surface area contributed by atoms with Gasteiger partial charge >= 0.3 is 0 Å². The number of hydrogen-bond acceptors (Lipinski definition) is 7. The summed E-state index contributed by atoms with van der Waals surface area (Å²) in [6, 6.07) is 8.04. The van der Waals surface area contributed by atoms with Crippen LogP contribution in [0.4, 0.5) is 0 Å². The molecule has 0 aromatic heterocycles. The molecule has 0 saturated carbocycles. The Balaban J connectivity index is 1.58. The molecule has 1 aromatic rings. The Morgan fingerprint density at radius 3 is 2.27 bits per heavy atom. The summed E-state index contributed by atoms with van der Waals surface area (Å²) >= 11 is 0. The first-order chi connectivity index (χ1) is 12.6. The topological polar surface area (TPSA) is 109 Å². The molecule has 4 N–H and O–H groups in total. The number of unbranched alkanes of at least 4 members (excludes halogenated alkanes) is 2. The molecule has 1 aromatic carbocycles. The number of aryl methyl sites for hydroxylation is 1. The largest absolute Gasteiger partial charge is 0.497 e. The van der Waals surface area contributed by atoms with Gasteiger partial charge in [-0.3, -0.25) is 0 Å². The molecule has 148 valence electrons. The van der Waals surface area contributed by atoms with Crippen LogP contribution in [0.3, 0.4) is 0 Å². The van der Waals surface area contributed by atoms with Crippen molar-refractivity contribution in [2.45, 2.75) is 56.2 Å². The summed E-state index contributed by atoms with van der Waals surface area (Å²) in [5.41, 5.74) is 1.27.